The summed E-state index contributed by atoms with van der Waals surface area (Å²) >= 11 is 9.10. The molecule has 1 aliphatic heterocycles. The summed E-state index contributed by atoms with van der Waals surface area (Å²) in [6, 6.07) is 4.18. The van der Waals surface area contributed by atoms with Gasteiger partial charge in [0.25, 0.3) is 5.91 Å². The smallest absolute Gasteiger partial charge is 0.331 e. The van der Waals surface area contributed by atoms with E-state index in [0.717, 1.165) is 24.2 Å². The van der Waals surface area contributed by atoms with Gasteiger partial charge in [-0.1, -0.05) is 31.4 Å². The normalized spacial score (nSPS) is 26.0. The number of halogens is 2. The molecule has 2 fully saturated rings. The molecule has 1 saturated carbocycles. The van der Waals surface area contributed by atoms with E-state index in [4.69, 9.17) is 16.3 Å². The molecule has 134 valence electrons. The summed E-state index contributed by atoms with van der Waals surface area (Å²) in [5.74, 6) is -0.699. The molecular weight excluding hydrogens is 412 g/mol. The monoisotopic (exact) mass is 428 g/mol. The topological polar surface area (TPSA) is 75.7 Å². The van der Waals surface area contributed by atoms with Gasteiger partial charge in [0.2, 0.25) is 0 Å². The molecule has 0 bridgehead atoms. The molecule has 3 rings (SSSR count). The fourth-order valence-electron chi connectivity index (χ4n) is 3.48. The van der Waals surface area contributed by atoms with Crippen molar-refractivity contribution in [2.75, 3.05) is 6.54 Å². The third kappa shape index (κ3) is 3.40. The molecule has 1 N–H and O–H groups in total. The SMILES string of the molecule is CC1CCCCC12NC(=O)N(CC(=O)Oc1ccc(Cl)cc1Br)C2=O. The zero-order valence-corrected chi connectivity index (χ0v) is 16.0. The Balaban J connectivity index is 1.71. The second kappa shape index (κ2) is 6.96. The maximum Gasteiger partial charge on any atom is 0.331 e. The highest BCUT2D eigenvalue weighted by atomic mass is 79.9. The van der Waals surface area contributed by atoms with Gasteiger partial charge in [-0.25, -0.2) is 9.59 Å². The quantitative estimate of drug-likeness (QED) is 0.453. The second-order valence-electron chi connectivity index (χ2n) is 6.49. The average Bonchev–Trinajstić information content (AvgIpc) is 2.78. The Morgan fingerprint density at radius 2 is 2.20 bits per heavy atom. The molecule has 1 aromatic rings. The Morgan fingerprint density at radius 1 is 1.44 bits per heavy atom. The molecule has 1 aromatic carbocycles. The van der Waals surface area contributed by atoms with Crippen LogP contribution in [0, 0.1) is 5.92 Å². The third-order valence-electron chi connectivity index (χ3n) is 4.91. The number of benzene rings is 1. The molecule has 1 aliphatic carbocycles. The van der Waals surface area contributed by atoms with E-state index in [1.807, 2.05) is 6.92 Å². The highest BCUT2D eigenvalue weighted by Crippen LogP contribution is 2.38. The summed E-state index contributed by atoms with van der Waals surface area (Å²) in [6.07, 6.45) is 3.40. The van der Waals surface area contributed by atoms with E-state index >= 15 is 0 Å². The summed E-state index contributed by atoms with van der Waals surface area (Å²) < 4.78 is 5.76. The van der Waals surface area contributed by atoms with Crippen LogP contribution in [-0.4, -0.2) is 34.9 Å². The zero-order valence-electron chi connectivity index (χ0n) is 13.7. The van der Waals surface area contributed by atoms with Crippen molar-refractivity contribution in [3.63, 3.8) is 0 Å². The Bertz CT molecular complexity index is 741. The van der Waals surface area contributed by atoms with E-state index in [9.17, 15) is 14.4 Å². The summed E-state index contributed by atoms with van der Waals surface area (Å²) in [7, 11) is 0. The summed E-state index contributed by atoms with van der Waals surface area (Å²) in [4.78, 5) is 38.2. The van der Waals surface area contributed by atoms with Gasteiger partial charge < -0.3 is 10.1 Å². The second-order valence-corrected chi connectivity index (χ2v) is 7.78. The van der Waals surface area contributed by atoms with E-state index in [0.29, 0.717) is 15.9 Å². The fourth-order valence-corrected chi connectivity index (χ4v) is 4.24. The summed E-state index contributed by atoms with van der Waals surface area (Å²) in [5, 5.41) is 3.30. The number of hydrogen-bond donors (Lipinski definition) is 1. The maximum absolute atomic E-state index is 12.8. The first-order valence-electron chi connectivity index (χ1n) is 8.13. The van der Waals surface area contributed by atoms with Crippen molar-refractivity contribution in [1.82, 2.24) is 10.2 Å². The van der Waals surface area contributed by atoms with Crippen molar-refractivity contribution in [3.8, 4) is 5.75 Å². The Hall–Kier alpha value is -1.60. The number of ether oxygens (including phenoxy) is 1. The predicted octanol–water partition coefficient (Wildman–Crippen LogP) is 3.51. The molecule has 3 amide bonds. The van der Waals surface area contributed by atoms with E-state index in [-0.39, 0.29) is 17.6 Å². The molecule has 8 heteroatoms. The zero-order chi connectivity index (χ0) is 18.2. The third-order valence-corrected chi connectivity index (χ3v) is 5.76. The first-order chi connectivity index (χ1) is 11.8. The molecule has 1 heterocycles. The minimum absolute atomic E-state index is 0.0455. The van der Waals surface area contributed by atoms with Crippen molar-refractivity contribution in [2.45, 2.75) is 38.1 Å². The number of nitrogens with zero attached hydrogens (tertiary/aromatic N) is 1. The largest absolute Gasteiger partial charge is 0.424 e. The van der Waals surface area contributed by atoms with Crippen LogP contribution in [0.3, 0.4) is 0 Å². The van der Waals surface area contributed by atoms with E-state index in [1.54, 1.807) is 18.2 Å². The maximum atomic E-state index is 12.8. The lowest BCUT2D eigenvalue weighted by atomic mass is 9.73. The first-order valence-corrected chi connectivity index (χ1v) is 9.30. The molecule has 25 heavy (non-hydrogen) atoms. The molecule has 1 spiro atoms. The fraction of sp³-hybridized carbons (Fsp3) is 0.471. The molecule has 0 radical (unpaired) electrons. The molecule has 2 unspecified atom stereocenters. The van der Waals surface area contributed by atoms with Crippen LogP contribution in [0.5, 0.6) is 5.75 Å². The van der Waals surface area contributed by atoms with Crippen LogP contribution in [0.2, 0.25) is 5.02 Å². The van der Waals surface area contributed by atoms with Crippen molar-refractivity contribution in [3.05, 3.63) is 27.7 Å². The predicted molar refractivity (Wildman–Crippen MR) is 95.4 cm³/mol. The van der Waals surface area contributed by atoms with Crippen LogP contribution in [0.15, 0.2) is 22.7 Å². The van der Waals surface area contributed by atoms with Gasteiger partial charge in [-0.05, 0) is 52.9 Å². The number of urea groups is 1. The Morgan fingerprint density at radius 3 is 2.88 bits per heavy atom. The van der Waals surface area contributed by atoms with Gasteiger partial charge in [0.05, 0.1) is 4.47 Å². The summed E-state index contributed by atoms with van der Waals surface area (Å²) in [6.45, 7) is 1.54. The van der Waals surface area contributed by atoms with E-state index in [2.05, 4.69) is 21.2 Å². The van der Waals surface area contributed by atoms with Crippen LogP contribution < -0.4 is 10.1 Å². The van der Waals surface area contributed by atoms with E-state index in [1.165, 1.54) is 0 Å². The van der Waals surface area contributed by atoms with Gasteiger partial charge in [-0.3, -0.25) is 9.69 Å². The Kier molecular flexibility index (Phi) is 5.06. The van der Waals surface area contributed by atoms with Crippen LogP contribution >= 0.6 is 27.5 Å². The number of carbonyl (C=O) groups is 3. The lowest BCUT2D eigenvalue weighted by molar-refractivity contribution is -0.142. The van der Waals surface area contributed by atoms with Crippen molar-refractivity contribution >= 4 is 45.4 Å². The highest BCUT2D eigenvalue weighted by molar-refractivity contribution is 9.10. The summed E-state index contributed by atoms with van der Waals surface area (Å²) in [5.41, 5.74) is -0.879. The molecule has 6 nitrogen and oxygen atoms in total. The highest BCUT2D eigenvalue weighted by Gasteiger charge is 2.55. The van der Waals surface area contributed by atoms with Crippen molar-refractivity contribution in [2.24, 2.45) is 5.92 Å². The van der Waals surface area contributed by atoms with Crippen molar-refractivity contribution < 1.29 is 19.1 Å². The number of nitrogens with one attached hydrogen (secondary N) is 1. The number of esters is 1. The number of hydrogen-bond acceptors (Lipinski definition) is 4. The van der Waals surface area contributed by atoms with Gasteiger partial charge in [0, 0.05) is 5.02 Å². The van der Waals surface area contributed by atoms with Gasteiger partial charge in [0.15, 0.2) is 0 Å². The molecule has 0 aromatic heterocycles. The first kappa shape index (κ1) is 18.2. The van der Waals surface area contributed by atoms with Gasteiger partial charge in [-0.15, -0.1) is 0 Å². The lowest BCUT2D eigenvalue weighted by Gasteiger charge is -2.36. The molecular formula is C17H18BrClN2O4. The van der Waals surface area contributed by atoms with Crippen molar-refractivity contribution in [1.29, 1.82) is 0 Å². The van der Waals surface area contributed by atoms with Crippen LogP contribution in [0.1, 0.15) is 32.6 Å². The Labute approximate surface area is 159 Å². The average molecular weight is 430 g/mol. The number of imide groups is 1. The van der Waals surface area contributed by atoms with Gasteiger partial charge in [-0.2, -0.15) is 0 Å². The lowest BCUT2D eigenvalue weighted by Crippen LogP contribution is -2.54. The van der Waals surface area contributed by atoms with Gasteiger partial charge >= 0.3 is 12.0 Å². The van der Waals surface area contributed by atoms with E-state index < -0.39 is 24.1 Å². The van der Waals surface area contributed by atoms with Crippen LogP contribution in [0.4, 0.5) is 4.79 Å². The molecule has 2 aliphatic rings. The molecule has 2 atom stereocenters. The minimum Gasteiger partial charge on any atom is -0.424 e. The molecule has 1 saturated heterocycles. The number of carbonyl (C=O) groups excluding carboxylic acids is 3. The van der Waals surface area contributed by atoms with Crippen LogP contribution in [-0.2, 0) is 9.59 Å². The number of rotatable bonds is 3. The van der Waals surface area contributed by atoms with Gasteiger partial charge in [0.1, 0.15) is 17.8 Å². The standard InChI is InChI=1S/C17H18BrClN2O4/c1-10-4-2-3-7-17(10)15(23)21(16(24)20-17)9-14(22)25-13-6-5-11(19)8-12(13)18/h5-6,8,10H,2-4,7,9H2,1H3,(H,20,24). The number of amides is 3. The van der Waals surface area contributed by atoms with Crippen LogP contribution in [0.25, 0.3) is 0 Å². The minimum atomic E-state index is -0.879.